The predicted octanol–water partition coefficient (Wildman–Crippen LogP) is 5.11. The molecule has 1 atom stereocenters. The normalized spacial score (nSPS) is 12.0. The molecule has 0 aliphatic heterocycles. The zero-order chi connectivity index (χ0) is 20.0. The standard InChI is InChI=1S/C18H19Cl3N4OS/c1-11-8-9-14(12(2)10-11)23-17(27)25-15(18(19,20)21)24-16(26)22-13-6-4-3-5-7-13/h3-10,15H,1-2H3,(H2,22,24,26)(H2,23,25,27)/t15-/m0/s1. The summed E-state index contributed by atoms with van der Waals surface area (Å²) in [6, 6.07) is 14.2. The van der Waals surface area contributed by atoms with Gasteiger partial charge in [-0.1, -0.05) is 70.7 Å². The lowest BCUT2D eigenvalue weighted by Gasteiger charge is -2.28. The number of thiocarbonyl (C=S) groups is 1. The highest BCUT2D eigenvalue weighted by molar-refractivity contribution is 7.80. The number of anilines is 2. The first-order valence-electron chi connectivity index (χ1n) is 7.99. The van der Waals surface area contributed by atoms with Crippen molar-refractivity contribution in [1.29, 1.82) is 0 Å². The van der Waals surface area contributed by atoms with Gasteiger partial charge in [-0.25, -0.2) is 4.79 Å². The van der Waals surface area contributed by atoms with Gasteiger partial charge >= 0.3 is 6.03 Å². The Hall–Kier alpha value is -1.73. The molecule has 0 heterocycles. The maximum Gasteiger partial charge on any atom is 0.320 e. The van der Waals surface area contributed by atoms with Gasteiger partial charge in [0.1, 0.15) is 0 Å². The molecule has 0 fully saturated rings. The second kappa shape index (κ2) is 9.46. The maximum absolute atomic E-state index is 12.2. The lowest BCUT2D eigenvalue weighted by Crippen LogP contribution is -2.57. The number of carbonyl (C=O) groups excluding carboxylic acids is 1. The van der Waals surface area contributed by atoms with Gasteiger partial charge in [0.05, 0.1) is 0 Å². The van der Waals surface area contributed by atoms with E-state index < -0.39 is 16.0 Å². The molecule has 0 aromatic heterocycles. The van der Waals surface area contributed by atoms with Crippen molar-refractivity contribution in [3.8, 4) is 0 Å². The molecule has 9 heteroatoms. The van der Waals surface area contributed by atoms with Gasteiger partial charge in [-0.05, 0) is 49.8 Å². The fourth-order valence-corrected chi connectivity index (χ4v) is 2.82. The van der Waals surface area contributed by atoms with Crippen LogP contribution in [0.25, 0.3) is 0 Å². The topological polar surface area (TPSA) is 65.2 Å². The average Bonchev–Trinajstić information content (AvgIpc) is 2.57. The number of rotatable bonds is 4. The largest absolute Gasteiger partial charge is 0.339 e. The number of hydrogen-bond donors (Lipinski definition) is 4. The molecule has 0 bridgehead atoms. The van der Waals surface area contributed by atoms with Gasteiger partial charge in [-0.15, -0.1) is 0 Å². The summed E-state index contributed by atoms with van der Waals surface area (Å²) < 4.78 is -1.83. The zero-order valence-corrected chi connectivity index (χ0v) is 17.7. The van der Waals surface area contributed by atoms with Gasteiger partial charge in [0.2, 0.25) is 3.79 Å². The summed E-state index contributed by atoms with van der Waals surface area (Å²) >= 11 is 23.2. The van der Waals surface area contributed by atoms with Crippen molar-refractivity contribution in [2.45, 2.75) is 23.8 Å². The van der Waals surface area contributed by atoms with Gasteiger partial charge in [0.25, 0.3) is 0 Å². The van der Waals surface area contributed by atoms with E-state index in [4.69, 9.17) is 47.0 Å². The summed E-state index contributed by atoms with van der Waals surface area (Å²) in [5.74, 6) is 0. The van der Waals surface area contributed by atoms with Crippen LogP contribution in [0.5, 0.6) is 0 Å². The van der Waals surface area contributed by atoms with E-state index in [0.717, 1.165) is 16.8 Å². The van der Waals surface area contributed by atoms with Gasteiger partial charge in [0.15, 0.2) is 11.3 Å². The van der Waals surface area contributed by atoms with Crippen molar-refractivity contribution >= 4 is 69.5 Å². The Morgan fingerprint density at radius 3 is 2.26 bits per heavy atom. The van der Waals surface area contributed by atoms with Crippen molar-refractivity contribution < 1.29 is 4.79 Å². The number of benzene rings is 2. The van der Waals surface area contributed by atoms with E-state index in [1.165, 1.54) is 0 Å². The van der Waals surface area contributed by atoms with Crippen LogP contribution in [0.1, 0.15) is 11.1 Å². The molecule has 0 radical (unpaired) electrons. The summed E-state index contributed by atoms with van der Waals surface area (Å²) in [5, 5.41) is 11.3. The zero-order valence-electron chi connectivity index (χ0n) is 14.6. The van der Waals surface area contributed by atoms with Crippen molar-refractivity contribution in [2.75, 3.05) is 10.6 Å². The van der Waals surface area contributed by atoms with Crippen LogP contribution in [0, 0.1) is 13.8 Å². The number of para-hydroxylation sites is 1. The quantitative estimate of drug-likeness (QED) is 0.300. The highest BCUT2D eigenvalue weighted by atomic mass is 35.6. The number of halogens is 3. The van der Waals surface area contributed by atoms with Crippen molar-refractivity contribution in [1.82, 2.24) is 10.6 Å². The first kappa shape index (κ1) is 21.6. The summed E-state index contributed by atoms with van der Waals surface area (Å²) in [7, 11) is 0. The Morgan fingerprint density at radius 1 is 1.00 bits per heavy atom. The Kier molecular flexibility index (Phi) is 7.56. The first-order valence-corrected chi connectivity index (χ1v) is 9.53. The molecule has 4 N–H and O–H groups in total. The minimum absolute atomic E-state index is 0.207. The van der Waals surface area contributed by atoms with E-state index in [0.29, 0.717) is 5.69 Å². The number of aryl methyl sites for hydroxylation is 2. The summed E-state index contributed by atoms with van der Waals surface area (Å²) in [4.78, 5) is 12.2. The van der Waals surface area contributed by atoms with Crippen LogP contribution in [-0.4, -0.2) is 21.1 Å². The van der Waals surface area contributed by atoms with Gasteiger partial charge < -0.3 is 21.3 Å². The maximum atomic E-state index is 12.2. The predicted molar refractivity (Wildman–Crippen MR) is 118 cm³/mol. The number of amides is 2. The van der Waals surface area contributed by atoms with Crippen LogP contribution in [0.3, 0.4) is 0 Å². The first-order chi connectivity index (χ1) is 12.6. The van der Waals surface area contributed by atoms with Crippen LogP contribution in [0.15, 0.2) is 48.5 Å². The average molecular weight is 446 g/mol. The third kappa shape index (κ3) is 7.07. The van der Waals surface area contributed by atoms with Crippen LogP contribution in [0.4, 0.5) is 16.2 Å². The van der Waals surface area contributed by atoms with E-state index in [-0.39, 0.29) is 5.11 Å². The number of hydrogen-bond acceptors (Lipinski definition) is 2. The summed E-state index contributed by atoms with van der Waals surface area (Å²) in [5.41, 5.74) is 3.57. The summed E-state index contributed by atoms with van der Waals surface area (Å²) in [6.45, 7) is 3.96. The number of urea groups is 1. The van der Waals surface area contributed by atoms with Crippen molar-refractivity contribution in [3.63, 3.8) is 0 Å². The van der Waals surface area contributed by atoms with Crippen LogP contribution in [0.2, 0.25) is 0 Å². The molecule has 0 spiro atoms. The number of carbonyl (C=O) groups is 1. The Bertz CT molecular complexity index is 812. The molecule has 2 aromatic carbocycles. The third-order valence-corrected chi connectivity index (χ3v) is 4.41. The van der Waals surface area contributed by atoms with E-state index in [1.807, 2.05) is 38.1 Å². The second-order valence-corrected chi connectivity index (χ2v) is 8.63. The molecular formula is C18H19Cl3N4OS. The molecule has 0 aliphatic carbocycles. The molecule has 2 amide bonds. The molecule has 0 aliphatic rings. The highest BCUT2D eigenvalue weighted by Crippen LogP contribution is 2.29. The third-order valence-electron chi connectivity index (χ3n) is 3.54. The fourth-order valence-electron chi connectivity index (χ4n) is 2.26. The monoisotopic (exact) mass is 444 g/mol. The Morgan fingerprint density at radius 2 is 1.67 bits per heavy atom. The molecule has 0 saturated carbocycles. The molecule has 2 aromatic rings. The molecule has 0 unspecified atom stereocenters. The Labute approximate surface area is 178 Å². The second-order valence-electron chi connectivity index (χ2n) is 5.86. The van der Waals surface area contributed by atoms with Crippen molar-refractivity contribution in [2.24, 2.45) is 0 Å². The van der Waals surface area contributed by atoms with Crippen molar-refractivity contribution in [3.05, 3.63) is 59.7 Å². The molecule has 5 nitrogen and oxygen atoms in total. The molecule has 144 valence electrons. The minimum atomic E-state index is -1.83. The molecular weight excluding hydrogens is 427 g/mol. The van der Waals surface area contributed by atoms with Crippen LogP contribution in [-0.2, 0) is 0 Å². The molecule has 0 saturated heterocycles. The lowest BCUT2D eigenvalue weighted by atomic mass is 10.1. The molecule has 27 heavy (non-hydrogen) atoms. The lowest BCUT2D eigenvalue weighted by molar-refractivity contribution is 0.247. The van der Waals surface area contributed by atoms with Gasteiger partial charge in [-0.2, -0.15) is 0 Å². The van der Waals surface area contributed by atoms with Gasteiger partial charge in [0, 0.05) is 11.4 Å². The summed E-state index contributed by atoms with van der Waals surface area (Å²) in [6.07, 6.45) is -1.06. The highest BCUT2D eigenvalue weighted by Gasteiger charge is 2.34. The Balaban J connectivity index is 2.01. The van der Waals surface area contributed by atoms with E-state index in [9.17, 15) is 4.79 Å². The van der Waals surface area contributed by atoms with E-state index >= 15 is 0 Å². The van der Waals surface area contributed by atoms with Crippen LogP contribution < -0.4 is 21.3 Å². The number of nitrogens with one attached hydrogen (secondary N) is 4. The van der Waals surface area contributed by atoms with E-state index in [1.54, 1.807) is 24.3 Å². The minimum Gasteiger partial charge on any atom is -0.339 e. The smallest absolute Gasteiger partial charge is 0.320 e. The van der Waals surface area contributed by atoms with Gasteiger partial charge in [-0.3, -0.25) is 0 Å². The molecule has 2 rings (SSSR count). The SMILES string of the molecule is Cc1ccc(NC(=S)N[C@H](NC(=O)Nc2ccccc2)C(Cl)(Cl)Cl)c(C)c1. The van der Waals surface area contributed by atoms with Crippen LogP contribution >= 0.6 is 47.0 Å². The number of alkyl halides is 3. The fraction of sp³-hybridized carbons (Fsp3) is 0.222. The van der Waals surface area contributed by atoms with E-state index in [2.05, 4.69) is 21.3 Å².